The van der Waals surface area contributed by atoms with Gasteiger partial charge in [-0.05, 0) is 99.3 Å². The zero-order valence-corrected chi connectivity index (χ0v) is 23.0. The first-order chi connectivity index (χ1) is 17.4. The van der Waals surface area contributed by atoms with Crippen molar-refractivity contribution < 1.29 is 14.3 Å². The number of amides is 1. The number of thioether (sulfide) groups is 1. The molecule has 2 heterocycles. The largest absolute Gasteiger partial charge is 0.493 e. The van der Waals surface area contributed by atoms with Crippen LogP contribution in [-0.2, 0) is 4.79 Å². The van der Waals surface area contributed by atoms with Gasteiger partial charge >= 0.3 is 0 Å². The quantitative estimate of drug-likeness (QED) is 0.341. The molecular weight excluding hydrogens is 494 g/mol. The smallest absolute Gasteiger partial charge is 0.266 e. The average molecular weight is 528 g/mol. The predicted octanol–water partition coefficient (Wildman–Crippen LogP) is 7.14. The Bertz CT molecular complexity index is 1140. The maximum absolute atomic E-state index is 13.2. The highest BCUT2D eigenvalue weighted by Crippen LogP contribution is 2.40. The van der Waals surface area contributed by atoms with Crippen molar-refractivity contribution in [2.24, 2.45) is 4.99 Å². The van der Waals surface area contributed by atoms with Crippen LogP contribution in [0.5, 0.6) is 11.5 Å². The fraction of sp³-hybridized carbons (Fsp3) is 0.429. The van der Waals surface area contributed by atoms with Crippen LogP contribution in [0.4, 0.5) is 11.4 Å². The number of carbonyl (C=O) groups excluding carboxylic acids is 1. The number of aliphatic imine (C=N–C) groups is 1. The second-order valence-corrected chi connectivity index (χ2v) is 10.4. The highest BCUT2D eigenvalue weighted by molar-refractivity contribution is 8.18. The average Bonchev–Trinajstić information content (AvgIpc) is 3.19. The van der Waals surface area contributed by atoms with Gasteiger partial charge in [0.15, 0.2) is 16.7 Å². The summed E-state index contributed by atoms with van der Waals surface area (Å²) in [6, 6.07) is 11.9. The molecule has 2 aromatic carbocycles. The van der Waals surface area contributed by atoms with Crippen LogP contribution < -0.4 is 14.4 Å². The van der Waals surface area contributed by atoms with E-state index in [9.17, 15) is 4.79 Å². The number of benzene rings is 2. The Morgan fingerprint density at radius 1 is 1.14 bits per heavy atom. The number of nitrogens with zero attached hydrogens (tertiary/aromatic N) is 3. The maximum Gasteiger partial charge on any atom is 0.266 e. The third-order valence-corrected chi connectivity index (χ3v) is 7.73. The van der Waals surface area contributed by atoms with E-state index in [1.807, 2.05) is 38.1 Å². The second kappa shape index (κ2) is 12.1. The summed E-state index contributed by atoms with van der Waals surface area (Å²) >= 11 is 7.91. The normalized spacial score (nSPS) is 19.3. The van der Waals surface area contributed by atoms with E-state index in [2.05, 4.69) is 24.0 Å². The molecule has 1 amide bonds. The van der Waals surface area contributed by atoms with Crippen molar-refractivity contribution in [2.45, 2.75) is 52.6 Å². The Balaban J connectivity index is 1.56. The molecule has 2 aliphatic rings. The van der Waals surface area contributed by atoms with Gasteiger partial charge in [-0.25, -0.2) is 4.99 Å². The molecule has 0 spiro atoms. The van der Waals surface area contributed by atoms with Gasteiger partial charge in [0.25, 0.3) is 5.91 Å². The monoisotopic (exact) mass is 527 g/mol. The molecule has 6 nitrogen and oxygen atoms in total. The van der Waals surface area contributed by atoms with Crippen molar-refractivity contribution in [3.05, 3.63) is 51.9 Å². The van der Waals surface area contributed by atoms with E-state index in [1.165, 1.54) is 36.7 Å². The minimum absolute atomic E-state index is 0.0124. The molecule has 2 fully saturated rings. The van der Waals surface area contributed by atoms with Crippen molar-refractivity contribution in [1.82, 2.24) is 4.90 Å². The number of anilines is 1. The molecule has 0 unspecified atom stereocenters. The van der Waals surface area contributed by atoms with Gasteiger partial charge < -0.3 is 14.4 Å². The molecule has 0 N–H and O–H groups in total. The standard InChI is InChI=1S/C28H34ClN3O3S/c1-5-19(3)35-26-23(29)16-20(17-24(26)34-4)18-25-27(33)32(6-2)28(36-25)30-21-10-12-22(13-11-21)31-14-8-7-9-15-31/h10-13,16-19H,5-9,14-15H2,1-4H3/b25-18-,30-28?/t19-/m1/s1. The topological polar surface area (TPSA) is 54.4 Å². The van der Waals surface area contributed by atoms with E-state index in [0.29, 0.717) is 33.1 Å². The number of likely N-dealkylation sites (N-methyl/N-ethyl adjacent to an activating group) is 1. The van der Waals surface area contributed by atoms with Gasteiger partial charge in [-0.3, -0.25) is 9.69 Å². The molecule has 0 bridgehead atoms. The van der Waals surface area contributed by atoms with E-state index < -0.39 is 0 Å². The summed E-state index contributed by atoms with van der Waals surface area (Å²) in [5, 5.41) is 1.13. The molecule has 2 saturated heterocycles. The molecule has 8 heteroatoms. The number of carbonyl (C=O) groups is 1. The van der Waals surface area contributed by atoms with Gasteiger partial charge in [-0.2, -0.15) is 0 Å². The summed E-state index contributed by atoms with van der Waals surface area (Å²) in [5.41, 5.74) is 2.84. The van der Waals surface area contributed by atoms with Crippen LogP contribution in [0.15, 0.2) is 46.3 Å². The molecule has 0 saturated carbocycles. The number of ether oxygens (including phenoxy) is 2. The summed E-state index contributed by atoms with van der Waals surface area (Å²) in [6.45, 7) is 8.75. The van der Waals surface area contributed by atoms with Gasteiger partial charge in [0.1, 0.15) is 0 Å². The van der Waals surface area contributed by atoms with Crippen LogP contribution in [0.2, 0.25) is 5.02 Å². The zero-order chi connectivity index (χ0) is 25.7. The van der Waals surface area contributed by atoms with Gasteiger partial charge in [0.2, 0.25) is 0 Å². The van der Waals surface area contributed by atoms with Crippen LogP contribution >= 0.6 is 23.4 Å². The van der Waals surface area contributed by atoms with E-state index in [4.69, 9.17) is 26.1 Å². The fourth-order valence-electron chi connectivity index (χ4n) is 4.24. The maximum atomic E-state index is 13.2. The Kier molecular flexibility index (Phi) is 8.86. The molecule has 2 aliphatic heterocycles. The number of amidine groups is 1. The lowest BCUT2D eigenvalue weighted by Crippen LogP contribution is -2.29. The van der Waals surface area contributed by atoms with E-state index in [0.717, 1.165) is 30.8 Å². The van der Waals surface area contributed by atoms with Crippen molar-refractivity contribution in [2.75, 3.05) is 31.6 Å². The fourth-order valence-corrected chi connectivity index (χ4v) is 5.57. The number of piperidine rings is 1. The number of rotatable bonds is 8. The summed E-state index contributed by atoms with van der Waals surface area (Å²) < 4.78 is 11.5. The summed E-state index contributed by atoms with van der Waals surface area (Å²) in [6.07, 6.45) is 6.50. The molecule has 36 heavy (non-hydrogen) atoms. The summed E-state index contributed by atoms with van der Waals surface area (Å²) in [5.74, 6) is 0.993. The number of methoxy groups -OCH3 is 1. The molecule has 1 atom stereocenters. The van der Waals surface area contributed by atoms with Crippen LogP contribution in [0.1, 0.15) is 52.0 Å². The Morgan fingerprint density at radius 3 is 2.50 bits per heavy atom. The second-order valence-electron chi connectivity index (χ2n) is 8.99. The summed E-state index contributed by atoms with van der Waals surface area (Å²) in [4.78, 5) is 22.7. The van der Waals surface area contributed by atoms with Gasteiger partial charge in [-0.1, -0.05) is 18.5 Å². The third kappa shape index (κ3) is 6.01. The number of halogens is 1. The number of hydrogen-bond acceptors (Lipinski definition) is 6. The molecule has 2 aromatic rings. The van der Waals surface area contributed by atoms with Crippen LogP contribution in [0.3, 0.4) is 0 Å². The summed E-state index contributed by atoms with van der Waals surface area (Å²) in [7, 11) is 1.58. The molecule has 0 aromatic heterocycles. The first-order valence-corrected chi connectivity index (χ1v) is 13.8. The molecule has 0 radical (unpaired) electrons. The van der Waals surface area contributed by atoms with E-state index in [-0.39, 0.29) is 12.0 Å². The van der Waals surface area contributed by atoms with Crippen LogP contribution in [0.25, 0.3) is 6.08 Å². The Morgan fingerprint density at radius 2 is 1.86 bits per heavy atom. The Hall–Kier alpha value is -2.64. The minimum atomic E-state index is -0.0683. The van der Waals surface area contributed by atoms with Gasteiger partial charge in [0, 0.05) is 25.3 Å². The van der Waals surface area contributed by atoms with E-state index >= 15 is 0 Å². The molecule has 0 aliphatic carbocycles. The third-order valence-electron chi connectivity index (χ3n) is 6.44. The minimum Gasteiger partial charge on any atom is -0.493 e. The number of hydrogen-bond donors (Lipinski definition) is 0. The lowest BCUT2D eigenvalue weighted by atomic mass is 10.1. The van der Waals surface area contributed by atoms with Crippen molar-refractivity contribution in [3.63, 3.8) is 0 Å². The SMILES string of the molecule is CC[C@@H](C)Oc1c(Cl)cc(/C=C2\SC(=Nc3ccc(N4CCCCC4)cc3)N(CC)C2=O)cc1OC. The highest BCUT2D eigenvalue weighted by Gasteiger charge is 2.32. The van der Waals surface area contributed by atoms with Crippen molar-refractivity contribution >= 4 is 51.9 Å². The lowest BCUT2D eigenvalue weighted by molar-refractivity contribution is -0.122. The van der Waals surface area contributed by atoms with Crippen LogP contribution in [0, 0.1) is 0 Å². The molecule has 4 rings (SSSR count). The zero-order valence-electron chi connectivity index (χ0n) is 21.4. The molecule has 192 valence electrons. The van der Waals surface area contributed by atoms with Crippen molar-refractivity contribution in [1.29, 1.82) is 0 Å². The van der Waals surface area contributed by atoms with Gasteiger partial charge in [0.05, 0.1) is 28.8 Å². The predicted molar refractivity (Wildman–Crippen MR) is 151 cm³/mol. The Labute approximate surface area is 223 Å². The van der Waals surface area contributed by atoms with Crippen molar-refractivity contribution in [3.8, 4) is 11.5 Å². The van der Waals surface area contributed by atoms with Gasteiger partial charge in [-0.15, -0.1) is 0 Å². The molecular formula is C28H34ClN3O3S. The first kappa shape index (κ1) is 26.4. The first-order valence-electron chi connectivity index (χ1n) is 12.6. The highest BCUT2D eigenvalue weighted by atomic mass is 35.5. The lowest BCUT2D eigenvalue weighted by Gasteiger charge is -2.28. The van der Waals surface area contributed by atoms with Crippen LogP contribution in [-0.4, -0.2) is 48.8 Å². The van der Waals surface area contributed by atoms with E-state index in [1.54, 1.807) is 18.1 Å².